The lowest BCUT2D eigenvalue weighted by Gasteiger charge is -2.09. The molecule has 0 aliphatic carbocycles. The Hall–Kier alpha value is -3.13. The SMILES string of the molecule is N#C/C(=C/c1cccc(OCc2ccc(Cl)cc2Cl)c1)c1ccc2c(c1)OCO2. The van der Waals surface area contributed by atoms with Crippen LogP contribution in [0, 0.1) is 11.3 Å². The number of rotatable bonds is 5. The summed E-state index contributed by atoms with van der Waals surface area (Å²) in [5.74, 6) is 2.00. The van der Waals surface area contributed by atoms with Crippen LogP contribution < -0.4 is 14.2 Å². The van der Waals surface area contributed by atoms with Crippen molar-refractivity contribution in [2.24, 2.45) is 0 Å². The molecule has 0 spiro atoms. The van der Waals surface area contributed by atoms with Crippen molar-refractivity contribution in [3.8, 4) is 23.3 Å². The van der Waals surface area contributed by atoms with E-state index in [2.05, 4.69) is 6.07 Å². The van der Waals surface area contributed by atoms with Crippen LogP contribution >= 0.6 is 23.2 Å². The van der Waals surface area contributed by atoms with E-state index in [1.54, 1.807) is 30.3 Å². The molecule has 1 heterocycles. The Kier molecular flexibility index (Phi) is 5.62. The van der Waals surface area contributed by atoms with E-state index >= 15 is 0 Å². The van der Waals surface area contributed by atoms with Crippen molar-refractivity contribution in [1.82, 2.24) is 0 Å². The van der Waals surface area contributed by atoms with Gasteiger partial charge in [0.15, 0.2) is 11.5 Å². The zero-order valence-electron chi connectivity index (χ0n) is 15.2. The highest BCUT2D eigenvalue weighted by molar-refractivity contribution is 6.35. The van der Waals surface area contributed by atoms with Crippen LogP contribution in [-0.4, -0.2) is 6.79 Å². The summed E-state index contributed by atoms with van der Waals surface area (Å²) >= 11 is 12.1. The number of hydrogen-bond acceptors (Lipinski definition) is 4. The minimum atomic E-state index is 0.196. The molecule has 4 nitrogen and oxygen atoms in total. The number of halogens is 2. The molecule has 0 fully saturated rings. The van der Waals surface area contributed by atoms with Crippen molar-refractivity contribution in [3.05, 3.63) is 87.4 Å². The second kappa shape index (κ2) is 8.48. The molecule has 0 atom stereocenters. The summed E-state index contributed by atoms with van der Waals surface area (Å²) in [4.78, 5) is 0. The van der Waals surface area contributed by atoms with Gasteiger partial charge >= 0.3 is 0 Å². The van der Waals surface area contributed by atoms with Crippen molar-refractivity contribution in [3.63, 3.8) is 0 Å². The molecule has 144 valence electrons. The molecule has 0 amide bonds. The Morgan fingerprint density at radius 3 is 2.72 bits per heavy atom. The number of ether oxygens (including phenoxy) is 3. The zero-order chi connectivity index (χ0) is 20.2. The van der Waals surface area contributed by atoms with Crippen molar-refractivity contribution in [2.45, 2.75) is 6.61 Å². The van der Waals surface area contributed by atoms with Gasteiger partial charge < -0.3 is 14.2 Å². The average molecular weight is 424 g/mol. The fourth-order valence-electron chi connectivity index (χ4n) is 2.90. The number of hydrogen-bond donors (Lipinski definition) is 0. The van der Waals surface area contributed by atoms with Crippen molar-refractivity contribution < 1.29 is 14.2 Å². The molecule has 6 heteroatoms. The maximum absolute atomic E-state index is 9.62. The standard InChI is InChI=1S/C23H15Cl2NO3/c24-19-6-4-17(21(25)11-19)13-27-20-3-1-2-15(9-20)8-18(12-26)16-5-7-22-23(10-16)29-14-28-22/h1-11H,13-14H2/b18-8-. The monoisotopic (exact) mass is 423 g/mol. The summed E-state index contributed by atoms with van der Waals surface area (Å²) in [6.45, 7) is 0.512. The molecular formula is C23H15Cl2NO3. The maximum atomic E-state index is 9.62. The molecule has 0 saturated heterocycles. The van der Waals surface area contributed by atoms with Gasteiger partial charge in [0, 0.05) is 15.6 Å². The van der Waals surface area contributed by atoms with E-state index in [4.69, 9.17) is 37.4 Å². The van der Waals surface area contributed by atoms with Crippen LogP contribution in [0.3, 0.4) is 0 Å². The van der Waals surface area contributed by atoms with Crippen molar-refractivity contribution in [1.29, 1.82) is 5.26 Å². The van der Waals surface area contributed by atoms with E-state index in [1.165, 1.54) is 0 Å². The van der Waals surface area contributed by atoms with E-state index in [-0.39, 0.29) is 6.79 Å². The predicted octanol–water partition coefficient (Wildman–Crippen LogP) is 6.37. The van der Waals surface area contributed by atoms with E-state index in [1.807, 2.05) is 36.4 Å². The summed E-state index contributed by atoms with van der Waals surface area (Å²) in [5.41, 5.74) is 2.96. The Morgan fingerprint density at radius 1 is 1.03 bits per heavy atom. The second-order valence-electron chi connectivity index (χ2n) is 6.33. The summed E-state index contributed by atoms with van der Waals surface area (Å²) < 4.78 is 16.6. The lowest BCUT2D eigenvalue weighted by molar-refractivity contribution is 0.174. The molecule has 3 aromatic rings. The van der Waals surface area contributed by atoms with Gasteiger partial charge in [-0.3, -0.25) is 0 Å². The Balaban J connectivity index is 1.53. The van der Waals surface area contributed by atoms with Crippen LogP contribution in [-0.2, 0) is 6.61 Å². The smallest absolute Gasteiger partial charge is 0.231 e. The number of allylic oxidation sites excluding steroid dienone is 1. The van der Waals surface area contributed by atoms with Crippen LogP contribution in [0.1, 0.15) is 16.7 Å². The molecule has 1 aliphatic rings. The summed E-state index contributed by atoms with van der Waals surface area (Å²) in [5, 5.41) is 10.8. The van der Waals surface area contributed by atoms with Crippen LogP contribution in [0.5, 0.6) is 17.2 Å². The molecule has 1 aliphatic heterocycles. The van der Waals surface area contributed by atoms with Gasteiger partial charge in [0.1, 0.15) is 12.4 Å². The Labute approximate surface area is 178 Å². The van der Waals surface area contributed by atoms with E-state index in [0.717, 1.165) is 16.7 Å². The quantitative estimate of drug-likeness (QED) is 0.353. The molecule has 0 radical (unpaired) electrons. The first kappa shape index (κ1) is 19.2. The summed E-state index contributed by atoms with van der Waals surface area (Å²) in [6, 6.07) is 20.5. The molecule has 4 rings (SSSR count). The summed E-state index contributed by atoms with van der Waals surface area (Å²) in [6.07, 6.45) is 1.81. The first-order chi connectivity index (χ1) is 14.1. The van der Waals surface area contributed by atoms with Gasteiger partial charge in [-0.15, -0.1) is 0 Å². The van der Waals surface area contributed by atoms with Crippen molar-refractivity contribution >= 4 is 34.9 Å². The molecule has 0 saturated carbocycles. The average Bonchev–Trinajstić information content (AvgIpc) is 3.19. The van der Waals surface area contributed by atoms with Crippen LogP contribution in [0.4, 0.5) is 0 Å². The van der Waals surface area contributed by atoms with Crippen molar-refractivity contribution in [2.75, 3.05) is 6.79 Å². The van der Waals surface area contributed by atoms with Gasteiger partial charge in [-0.05, 0) is 59.7 Å². The lowest BCUT2D eigenvalue weighted by Crippen LogP contribution is -1.96. The third kappa shape index (κ3) is 4.48. The lowest BCUT2D eigenvalue weighted by atomic mass is 10.0. The molecule has 0 unspecified atom stereocenters. The van der Waals surface area contributed by atoms with Gasteiger partial charge in [-0.1, -0.05) is 41.4 Å². The van der Waals surface area contributed by atoms with E-state index < -0.39 is 0 Å². The van der Waals surface area contributed by atoms with Gasteiger partial charge in [-0.25, -0.2) is 0 Å². The fourth-order valence-corrected chi connectivity index (χ4v) is 3.37. The minimum absolute atomic E-state index is 0.196. The number of nitrogens with zero attached hydrogens (tertiary/aromatic N) is 1. The Bertz CT molecular complexity index is 1140. The zero-order valence-corrected chi connectivity index (χ0v) is 16.7. The largest absolute Gasteiger partial charge is 0.489 e. The van der Waals surface area contributed by atoms with Crippen LogP contribution in [0.2, 0.25) is 10.0 Å². The first-order valence-electron chi connectivity index (χ1n) is 8.81. The van der Waals surface area contributed by atoms with Gasteiger partial charge in [0.05, 0.1) is 11.6 Å². The first-order valence-corrected chi connectivity index (χ1v) is 9.56. The van der Waals surface area contributed by atoms with E-state index in [0.29, 0.717) is 39.5 Å². The predicted molar refractivity (Wildman–Crippen MR) is 113 cm³/mol. The molecular weight excluding hydrogens is 409 g/mol. The molecule has 29 heavy (non-hydrogen) atoms. The topological polar surface area (TPSA) is 51.5 Å². The third-order valence-corrected chi connectivity index (χ3v) is 4.97. The highest BCUT2D eigenvalue weighted by Crippen LogP contribution is 2.35. The Morgan fingerprint density at radius 2 is 1.90 bits per heavy atom. The second-order valence-corrected chi connectivity index (χ2v) is 7.18. The maximum Gasteiger partial charge on any atom is 0.231 e. The molecule has 0 aromatic heterocycles. The highest BCUT2D eigenvalue weighted by atomic mass is 35.5. The van der Waals surface area contributed by atoms with Gasteiger partial charge in [0.25, 0.3) is 0 Å². The highest BCUT2D eigenvalue weighted by Gasteiger charge is 2.14. The minimum Gasteiger partial charge on any atom is -0.489 e. The van der Waals surface area contributed by atoms with Crippen LogP contribution in [0.15, 0.2) is 60.7 Å². The number of benzene rings is 3. The van der Waals surface area contributed by atoms with E-state index in [9.17, 15) is 5.26 Å². The van der Waals surface area contributed by atoms with Gasteiger partial charge in [-0.2, -0.15) is 5.26 Å². The third-order valence-electron chi connectivity index (χ3n) is 4.38. The number of fused-ring (bicyclic) bond motifs is 1. The normalized spacial score (nSPS) is 12.5. The van der Waals surface area contributed by atoms with Gasteiger partial charge in [0.2, 0.25) is 6.79 Å². The molecule has 3 aromatic carbocycles. The fraction of sp³-hybridized carbons (Fsp3) is 0.0870. The molecule has 0 bridgehead atoms. The van der Waals surface area contributed by atoms with Crippen LogP contribution in [0.25, 0.3) is 11.6 Å². The summed E-state index contributed by atoms with van der Waals surface area (Å²) in [7, 11) is 0. The molecule has 0 N–H and O–H groups in total. The number of nitriles is 1.